The summed E-state index contributed by atoms with van der Waals surface area (Å²) < 4.78 is 39.6. The van der Waals surface area contributed by atoms with Crippen LogP contribution in [0.2, 0.25) is 0 Å². The number of carbonyl (C=O) groups excluding carboxylic acids is 1. The number of hydrogen-bond donors (Lipinski definition) is 2. The normalized spacial score (nSPS) is 11.0. The molecule has 136 valence electrons. The third-order valence-corrected chi connectivity index (χ3v) is 3.53. The predicted molar refractivity (Wildman–Crippen MR) is 86.9 cm³/mol. The highest BCUT2D eigenvalue weighted by Gasteiger charge is 2.22. The van der Waals surface area contributed by atoms with Gasteiger partial charge in [0.2, 0.25) is 5.71 Å². The molecule has 2 heterocycles. The second kappa shape index (κ2) is 6.82. The number of aromatic nitrogens is 2. The van der Waals surface area contributed by atoms with Gasteiger partial charge in [-0.2, -0.15) is 8.78 Å². The van der Waals surface area contributed by atoms with E-state index in [1.807, 2.05) is 0 Å². The number of methoxy groups -OCH3 is 1. The van der Waals surface area contributed by atoms with Crippen molar-refractivity contribution in [1.82, 2.24) is 9.97 Å². The van der Waals surface area contributed by atoms with Crippen molar-refractivity contribution in [3.8, 4) is 11.5 Å². The second-order valence-corrected chi connectivity index (χ2v) is 5.14. The van der Waals surface area contributed by atoms with E-state index in [1.165, 1.54) is 32.2 Å². The molecule has 0 atom stereocenters. The lowest BCUT2D eigenvalue weighted by Crippen LogP contribution is -2.16. The molecule has 0 saturated heterocycles. The Kier molecular flexibility index (Phi) is 4.57. The number of carbonyl (C=O) groups is 1. The number of amides is 1. The van der Waals surface area contributed by atoms with E-state index in [-0.39, 0.29) is 39.6 Å². The Bertz CT molecular complexity index is 1030. The number of H-pyrrole nitrogens is 1. The van der Waals surface area contributed by atoms with E-state index in [2.05, 4.69) is 20.0 Å². The van der Waals surface area contributed by atoms with E-state index in [1.54, 1.807) is 0 Å². The Morgan fingerprint density at radius 3 is 2.81 bits per heavy atom. The second-order valence-electron chi connectivity index (χ2n) is 5.14. The number of benzene rings is 1. The van der Waals surface area contributed by atoms with Gasteiger partial charge < -0.3 is 24.2 Å². The molecule has 2 aromatic heterocycles. The molecule has 1 aromatic carbocycles. The third kappa shape index (κ3) is 3.21. The molecule has 0 unspecified atom stereocenters. The van der Waals surface area contributed by atoms with Crippen LogP contribution in [0.4, 0.5) is 14.5 Å². The van der Waals surface area contributed by atoms with Crippen molar-refractivity contribution in [1.29, 1.82) is 0 Å². The van der Waals surface area contributed by atoms with Crippen LogP contribution >= 0.6 is 0 Å². The van der Waals surface area contributed by atoms with Crippen molar-refractivity contribution in [2.45, 2.75) is 13.5 Å². The number of fused-ring (bicyclic) bond motifs is 1. The lowest BCUT2D eigenvalue weighted by atomic mass is 10.1. The Hall–Kier alpha value is -3.43. The first-order valence-electron chi connectivity index (χ1n) is 7.31. The monoisotopic (exact) mass is 365 g/mol. The summed E-state index contributed by atoms with van der Waals surface area (Å²) in [6, 6.07) is 3.99. The van der Waals surface area contributed by atoms with Gasteiger partial charge in [0.25, 0.3) is 11.5 Å². The molecule has 0 aliphatic heterocycles. The maximum atomic E-state index is 12.6. The Labute approximate surface area is 144 Å². The first-order chi connectivity index (χ1) is 12.4. The van der Waals surface area contributed by atoms with Crippen molar-refractivity contribution < 1.29 is 27.5 Å². The van der Waals surface area contributed by atoms with Gasteiger partial charge in [0.05, 0.1) is 19.0 Å². The van der Waals surface area contributed by atoms with Gasteiger partial charge in [-0.15, -0.1) is 0 Å². The van der Waals surface area contributed by atoms with Gasteiger partial charge in [0.15, 0.2) is 11.5 Å². The minimum atomic E-state index is -3.06. The molecule has 8 nitrogen and oxygen atoms in total. The summed E-state index contributed by atoms with van der Waals surface area (Å²) in [5.74, 6) is -0.630. The summed E-state index contributed by atoms with van der Waals surface area (Å²) in [6.07, 6.45) is 1.16. The molecule has 0 bridgehead atoms. The number of alkyl halides is 2. The van der Waals surface area contributed by atoms with E-state index < -0.39 is 18.1 Å². The first-order valence-corrected chi connectivity index (χ1v) is 7.31. The fraction of sp³-hybridized carbons (Fsp3) is 0.188. The standard InChI is InChI=1S/C16H13F2N3O5/c1-7-11(12-13(22)19-6-20-15(12)25-7)14(23)21-8-3-4-9(24-2)10(5-8)26-16(17)18/h3-6,16H,1-2H3,(H,21,23)(H,19,20,22). The third-order valence-electron chi connectivity index (χ3n) is 3.53. The maximum Gasteiger partial charge on any atom is 0.387 e. The van der Waals surface area contributed by atoms with Gasteiger partial charge in [0.1, 0.15) is 11.1 Å². The molecule has 0 radical (unpaired) electrons. The number of anilines is 1. The molecule has 3 rings (SSSR count). The van der Waals surface area contributed by atoms with Crippen LogP contribution in [0.3, 0.4) is 0 Å². The summed E-state index contributed by atoms with van der Waals surface area (Å²) in [7, 11) is 1.30. The first kappa shape index (κ1) is 17.4. The van der Waals surface area contributed by atoms with Crippen molar-refractivity contribution in [3.63, 3.8) is 0 Å². The van der Waals surface area contributed by atoms with Crippen molar-refractivity contribution in [2.75, 3.05) is 12.4 Å². The van der Waals surface area contributed by atoms with Gasteiger partial charge in [-0.3, -0.25) is 9.59 Å². The molecule has 0 aliphatic rings. The van der Waals surface area contributed by atoms with Gasteiger partial charge in [-0.05, 0) is 19.1 Å². The molecule has 1 amide bonds. The molecule has 0 saturated carbocycles. The fourth-order valence-electron chi connectivity index (χ4n) is 2.46. The summed E-state index contributed by atoms with van der Waals surface area (Å²) in [5, 5.41) is 2.51. The van der Waals surface area contributed by atoms with Crippen LogP contribution in [0.5, 0.6) is 11.5 Å². The fourth-order valence-corrected chi connectivity index (χ4v) is 2.46. The Morgan fingerprint density at radius 1 is 1.35 bits per heavy atom. The van der Waals surface area contributed by atoms with Gasteiger partial charge in [0, 0.05) is 11.8 Å². The maximum absolute atomic E-state index is 12.6. The van der Waals surface area contributed by atoms with Crippen LogP contribution < -0.4 is 20.3 Å². The minimum Gasteiger partial charge on any atom is -0.493 e. The van der Waals surface area contributed by atoms with E-state index in [0.717, 1.165) is 6.33 Å². The molecule has 0 spiro atoms. The van der Waals surface area contributed by atoms with Crippen LogP contribution in [-0.2, 0) is 0 Å². The number of furan rings is 1. The smallest absolute Gasteiger partial charge is 0.387 e. The van der Waals surface area contributed by atoms with Gasteiger partial charge >= 0.3 is 6.61 Å². The highest BCUT2D eigenvalue weighted by atomic mass is 19.3. The van der Waals surface area contributed by atoms with Crippen LogP contribution in [0.15, 0.2) is 33.7 Å². The van der Waals surface area contributed by atoms with E-state index >= 15 is 0 Å². The summed E-state index contributed by atoms with van der Waals surface area (Å²) in [6.45, 7) is -1.55. The van der Waals surface area contributed by atoms with E-state index in [4.69, 9.17) is 9.15 Å². The summed E-state index contributed by atoms with van der Waals surface area (Å²) in [5.41, 5.74) is -0.344. The average Bonchev–Trinajstić information content (AvgIpc) is 2.92. The largest absolute Gasteiger partial charge is 0.493 e. The molecular formula is C16H13F2N3O5. The molecule has 10 heteroatoms. The van der Waals surface area contributed by atoms with Gasteiger partial charge in [-0.25, -0.2) is 4.98 Å². The molecule has 2 N–H and O–H groups in total. The van der Waals surface area contributed by atoms with Crippen molar-refractivity contribution in [3.05, 3.63) is 46.2 Å². The lowest BCUT2D eigenvalue weighted by Gasteiger charge is -2.12. The number of nitrogens with zero attached hydrogens (tertiary/aromatic N) is 1. The topological polar surface area (TPSA) is 106 Å². The average molecular weight is 365 g/mol. The molecule has 0 aliphatic carbocycles. The van der Waals surface area contributed by atoms with E-state index in [0.29, 0.717) is 0 Å². The van der Waals surface area contributed by atoms with Crippen molar-refractivity contribution >= 4 is 22.7 Å². The zero-order valence-electron chi connectivity index (χ0n) is 13.6. The van der Waals surface area contributed by atoms with Gasteiger partial charge in [-0.1, -0.05) is 0 Å². The summed E-state index contributed by atoms with van der Waals surface area (Å²) in [4.78, 5) is 30.8. The number of halogens is 2. The minimum absolute atomic E-state index is 0.0000607. The Morgan fingerprint density at radius 2 is 2.12 bits per heavy atom. The predicted octanol–water partition coefficient (Wildman–Crippen LogP) is 2.69. The molecule has 0 fully saturated rings. The number of rotatable bonds is 5. The SMILES string of the molecule is COc1ccc(NC(=O)c2c(C)oc3nc[nH]c(=O)c23)cc1OC(F)F. The molecular weight excluding hydrogens is 352 g/mol. The zero-order valence-corrected chi connectivity index (χ0v) is 13.6. The number of ether oxygens (including phenoxy) is 2. The number of aryl methyl sites for hydroxylation is 1. The molecule has 26 heavy (non-hydrogen) atoms. The highest BCUT2D eigenvalue weighted by Crippen LogP contribution is 2.32. The summed E-state index contributed by atoms with van der Waals surface area (Å²) >= 11 is 0. The molecule has 3 aromatic rings. The number of hydrogen-bond acceptors (Lipinski definition) is 6. The quantitative estimate of drug-likeness (QED) is 0.720. The number of aromatic amines is 1. The Balaban J connectivity index is 1.96. The lowest BCUT2D eigenvalue weighted by molar-refractivity contribution is -0.0511. The zero-order chi connectivity index (χ0) is 18.8. The van der Waals surface area contributed by atoms with Crippen LogP contribution in [-0.4, -0.2) is 29.6 Å². The van der Waals surface area contributed by atoms with Crippen LogP contribution in [0, 0.1) is 6.92 Å². The highest BCUT2D eigenvalue weighted by molar-refractivity contribution is 6.12. The number of nitrogens with one attached hydrogen (secondary N) is 2. The van der Waals surface area contributed by atoms with Crippen LogP contribution in [0.1, 0.15) is 16.1 Å². The van der Waals surface area contributed by atoms with Crippen LogP contribution in [0.25, 0.3) is 11.1 Å². The van der Waals surface area contributed by atoms with Crippen molar-refractivity contribution in [2.24, 2.45) is 0 Å². The van der Waals surface area contributed by atoms with E-state index in [9.17, 15) is 18.4 Å².